The predicted molar refractivity (Wildman–Crippen MR) is 60.8 cm³/mol. The Morgan fingerprint density at radius 2 is 1.60 bits per heavy atom. The van der Waals surface area contributed by atoms with Gasteiger partial charge in [-0.25, -0.2) is 0 Å². The van der Waals surface area contributed by atoms with E-state index in [2.05, 4.69) is 4.99 Å². The summed E-state index contributed by atoms with van der Waals surface area (Å²) in [6, 6.07) is 3.75. The van der Waals surface area contributed by atoms with Crippen molar-refractivity contribution in [3.8, 4) is 0 Å². The van der Waals surface area contributed by atoms with E-state index < -0.39 is 5.91 Å². The van der Waals surface area contributed by atoms with Gasteiger partial charge in [0.1, 0.15) is 0 Å². The molecular formula is C11H15N3O. The second-order valence-corrected chi connectivity index (χ2v) is 3.59. The van der Waals surface area contributed by atoms with E-state index in [1.807, 2.05) is 26.8 Å². The molecule has 15 heavy (non-hydrogen) atoms. The summed E-state index contributed by atoms with van der Waals surface area (Å²) in [4.78, 5) is 15.1. The van der Waals surface area contributed by atoms with Gasteiger partial charge in [0.05, 0.1) is 0 Å². The van der Waals surface area contributed by atoms with Crippen LogP contribution in [0.2, 0.25) is 0 Å². The maximum Gasteiger partial charge on any atom is 0.280 e. The van der Waals surface area contributed by atoms with Crippen LogP contribution >= 0.6 is 0 Å². The van der Waals surface area contributed by atoms with E-state index in [0.717, 1.165) is 16.7 Å². The van der Waals surface area contributed by atoms with E-state index in [-0.39, 0.29) is 5.96 Å². The van der Waals surface area contributed by atoms with E-state index in [1.54, 1.807) is 6.07 Å². The lowest BCUT2D eigenvalue weighted by atomic mass is 10.0. The van der Waals surface area contributed by atoms with Crippen molar-refractivity contribution in [2.24, 2.45) is 16.5 Å². The van der Waals surface area contributed by atoms with Gasteiger partial charge in [-0.2, -0.15) is 4.99 Å². The van der Waals surface area contributed by atoms with Crippen LogP contribution in [0.5, 0.6) is 0 Å². The molecule has 80 valence electrons. The molecule has 0 fully saturated rings. The standard InChI is InChI=1S/C11H15N3O/c1-6-4-8(3)9(5-7(6)2)10(15)14-11(12)13/h4-5H,1-3H3,(H4,12,13,14,15). The third kappa shape index (κ3) is 2.56. The quantitative estimate of drug-likeness (QED) is 0.530. The molecule has 4 N–H and O–H groups in total. The highest BCUT2D eigenvalue weighted by atomic mass is 16.1. The molecule has 0 spiro atoms. The fourth-order valence-corrected chi connectivity index (χ4v) is 1.37. The van der Waals surface area contributed by atoms with Gasteiger partial charge in [0, 0.05) is 5.56 Å². The minimum Gasteiger partial charge on any atom is -0.370 e. The van der Waals surface area contributed by atoms with E-state index >= 15 is 0 Å². The zero-order chi connectivity index (χ0) is 11.6. The molecule has 4 nitrogen and oxygen atoms in total. The molecular weight excluding hydrogens is 190 g/mol. The minimum absolute atomic E-state index is 0.211. The van der Waals surface area contributed by atoms with E-state index in [0.29, 0.717) is 5.56 Å². The van der Waals surface area contributed by atoms with Gasteiger partial charge in [0.2, 0.25) is 0 Å². The average Bonchev–Trinajstić information content (AvgIpc) is 2.09. The van der Waals surface area contributed by atoms with E-state index in [9.17, 15) is 4.79 Å². The van der Waals surface area contributed by atoms with Crippen LogP contribution in [0.4, 0.5) is 0 Å². The molecule has 0 atom stereocenters. The van der Waals surface area contributed by atoms with E-state index in [4.69, 9.17) is 11.5 Å². The zero-order valence-electron chi connectivity index (χ0n) is 9.16. The highest BCUT2D eigenvalue weighted by molar-refractivity contribution is 6.02. The fourth-order valence-electron chi connectivity index (χ4n) is 1.37. The lowest BCUT2D eigenvalue weighted by molar-refractivity contribution is 0.100. The highest BCUT2D eigenvalue weighted by Crippen LogP contribution is 2.16. The summed E-state index contributed by atoms with van der Waals surface area (Å²) in [6.07, 6.45) is 0. The average molecular weight is 205 g/mol. The Bertz CT molecular complexity index is 432. The van der Waals surface area contributed by atoms with Gasteiger partial charge >= 0.3 is 0 Å². The molecule has 0 aliphatic carbocycles. The summed E-state index contributed by atoms with van der Waals surface area (Å²) in [5.41, 5.74) is 13.9. The van der Waals surface area contributed by atoms with Crippen molar-refractivity contribution < 1.29 is 4.79 Å². The van der Waals surface area contributed by atoms with Gasteiger partial charge in [0.15, 0.2) is 5.96 Å². The first-order valence-electron chi connectivity index (χ1n) is 4.63. The first-order valence-corrected chi connectivity index (χ1v) is 4.63. The van der Waals surface area contributed by atoms with Crippen LogP contribution < -0.4 is 11.5 Å². The molecule has 0 heterocycles. The molecule has 0 aliphatic heterocycles. The molecule has 0 bridgehead atoms. The van der Waals surface area contributed by atoms with Gasteiger partial charge in [-0.15, -0.1) is 0 Å². The van der Waals surface area contributed by atoms with Crippen LogP contribution in [0.25, 0.3) is 0 Å². The molecule has 0 saturated carbocycles. The number of rotatable bonds is 1. The minimum atomic E-state index is -0.393. The largest absolute Gasteiger partial charge is 0.370 e. The normalized spacial score (nSPS) is 9.80. The molecule has 0 aliphatic rings. The first-order chi connectivity index (χ1) is 6.91. The first kappa shape index (κ1) is 11.2. The Balaban J connectivity index is 3.21. The number of aliphatic imine (C=N–C) groups is 1. The number of benzene rings is 1. The molecule has 0 radical (unpaired) electrons. The topological polar surface area (TPSA) is 81.5 Å². The van der Waals surface area contributed by atoms with Crippen LogP contribution in [0.1, 0.15) is 27.0 Å². The highest BCUT2D eigenvalue weighted by Gasteiger charge is 2.09. The van der Waals surface area contributed by atoms with Gasteiger partial charge < -0.3 is 11.5 Å². The summed E-state index contributed by atoms with van der Waals surface area (Å²) < 4.78 is 0. The lowest BCUT2D eigenvalue weighted by Gasteiger charge is -2.06. The van der Waals surface area contributed by atoms with Crippen molar-refractivity contribution in [1.29, 1.82) is 0 Å². The summed E-state index contributed by atoms with van der Waals surface area (Å²) in [6.45, 7) is 5.81. The number of hydrogen-bond acceptors (Lipinski definition) is 1. The maximum absolute atomic E-state index is 11.6. The predicted octanol–water partition coefficient (Wildman–Crippen LogP) is 1.03. The Morgan fingerprint density at radius 3 is 2.13 bits per heavy atom. The van der Waals surface area contributed by atoms with Gasteiger partial charge in [-0.3, -0.25) is 4.79 Å². The van der Waals surface area contributed by atoms with Crippen LogP contribution in [0.15, 0.2) is 17.1 Å². The van der Waals surface area contributed by atoms with Crippen LogP contribution in [-0.4, -0.2) is 11.9 Å². The molecule has 4 heteroatoms. The number of nitrogens with two attached hydrogens (primary N) is 2. The van der Waals surface area contributed by atoms with Crippen LogP contribution in [-0.2, 0) is 0 Å². The van der Waals surface area contributed by atoms with Crippen molar-refractivity contribution >= 4 is 11.9 Å². The van der Waals surface area contributed by atoms with Crippen molar-refractivity contribution in [2.45, 2.75) is 20.8 Å². The Labute approximate surface area is 89.0 Å². The summed E-state index contributed by atoms with van der Waals surface area (Å²) in [7, 11) is 0. The lowest BCUT2D eigenvalue weighted by Crippen LogP contribution is -2.24. The third-order valence-electron chi connectivity index (χ3n) is 2.30. The molecule has 1 rings (SSSR count). The summed E-state index contributed by atoms with van der Waals surface area (Å²) in [5, 5.41) is 0. The number of guanidine groups is 1. The SMILES string of the molecule is Cc1cc(C)c(C(=O)N=C(N)N)cc1C. The van der Waals surface area contributed by atoms with E-state index in [1.165, 1.54) is 0 Å². The number of carbonyl (C=O) groups is 1. The fraction of sp³-hybridized carbons (Fsp3) is 0.273. The number of hydrogen-bond donors (Lipinski definition) is 2. The number of carbonyl (C=O) groups excluding carboxylic acids is 1. The van der Waals surface area contributed by atoms with Crippen molar-refractivity contribution in [3.05, 3.63) is 34.4 Å². The second kappa shape index (κ2) is 4.13. The third-order valence-corrected chi connectivity index (χ3v) is 2.30. The maximum atomic E-state index is 11.6. The molecule has 1 amide bonds. The van der Waals surface area contributed by atoms with Crippen molar-refractivity contribution in [3.63, 3.8) is 0 Å². The Morgan fingerprint density at radius 1 is 1.07 bits per heavy atom. The molecule has 1 aromatic rings. The van der Waals surface area contributed by atoms with Crippen molar-refractivity contribution in [2.75, 3.05) is 0 Å². The summed E-state index contributed by atoms with van der Waals surface area (Å²) in [5.74, 6) is -0.603. The van der Waals surface area contributed by atoms with Gasteiger partial charge in [-0.1, -0.05) is 6.07 Å². The van der Waals surface area contributed by atoms with Crippen LogP contribution in [0.3, 0.4) is 0 Å². The number of nitrogens with zero attached hydrogens (tertiary/aromatic N) is 1. The molecule has 1 aromatic carbocycles. The van der Waals surface area contributed by atoms with Gasteiger partial charge in [0.25, 0.3) is 5.91 Å². The molecule has 0 saturated heterocycles. The van der Waals surface area contributed by atoms with Crippen molar-refractivity contribution in [1.82, 2.24) is 0 Å². The Hall–Kier alpha value is -1.84. The Kier molecular flexibility index (Phi) is 3.09. The number of aryl methyl sites for hydroxylation is 3. The smallest absolute Gasteiger partial charge is 0.280 e. The van der Waals surface area contributed by atoms with Crippen LogP contribution in [0, 0.1) is 20.8 Å². The molecule has 0 aromatic heterocycles. The zero-order valence-corrected chi connectivity index (χ0v) is 9.16. The monoisotopic (exact) mass is 205 g/mol. The number of amides is 1. The molecule has 0 unspecified atom stereocenters. The summed E-state index contributed by atoms with van der Waals surface area (Å²) >= 11 is 0. The van der Waals surface area contributed by atoms with Gasteiger partial charge in [-0.05, 0) is 43.5 Å². The second-order valence-electron chi connectivity index (χ2n) is 3.59.